The topological polar surface area (TPSA) is 62.4 Å². The maximum atomic E-state index is 12.0. The van der Waals surface area contributed by atoms with Gasteiger partial charge in [-0.15, -0.1) is 0 Å². The van der Waals surface area contributed by atoms with Crippen molar-refractivity contribution in [2.24, 2.45) is 0 Å². The van der Waals surface area contributed by atoms with Crippen LogP contribution in [0.15, 0.2) is 24.3 Å². The Morgan fingerprint density at radius 2 is 2.22 bits per heavy atom. The van der Waals surface area contributed by atoms with Crippen LogP contribution in [0.2, 0.25) is 0 Å². The number of ether oxygens (including phenoxy) is 1. The molecule has 2 atom stereocenters. The molecule has 0 radical (unpaired) electrons. The second-order valence-corrected chi connectivity index (χ2v) is 4.49. The number of methoxy groups -OCH3 is 1. The monoisotopic (exact) mass is 249 g/mol. The van der Waals surface area contributed by atoms with Crippen LogP contribution in [0.1, 0.15) is 6.92 Å². The van der Waals surface area contributed by atoms with E-state index in [9.17, 15) is 4.79 Å². The molecule has 1 aromatic carbocycles. The SMILES string of the molecule is COCC(C)NC(=O)C1CNc2ccccc2N1. The number of fused-ring (bicyclic) bond motifs is 1. The molecule has 0 saturated heterocycles. The first-order chi connectivity index (χ1) is 8.70. The van der Waals surface area contributed by atoms with Gasteiger partial charge in [0.2, 0.25) is 5.91 Å². The molecular weight excluding hydrogens is 230 g/mol. The molecule has 2 unspecified atom stereocenters. The van der Waals surface area contributed by atoms with Gasteiger partial charge in [0.15, 0.2) is 0 Å². The van der Waals surface area contributed by atoms with E-state index in [0.29, 0.717) is 13.2 Å². The molecule has 1 aliphatic heterocycles. The van der Waals surface area contributed by atoms with Crippen LogP contribution in [0, 0.1) is 0 Å². The van der Waals surface area contributed by atoms with E-state index in [1.807, 2.05) is 31.2 Å². The van der Waals surface area contributed by atoms with Crippen LogP contribution in [-0.4, -0.2) is 38.3 Å². The van der Waals surface area contributed by atoms with Crippen molar-refractivity contribution in [3.05, 3.63) is 24.3 Å². The summed E-state index contributed by atoms with van der Waals surface area (Å²) in [5.74, 6) is -0.0125. The largest absolute Gasteiger partial charge is 0.383 e. The van der Waals surface area contributed by atoms with Crippen LogP contribution in [0.3, 0.4) is 0 Å². The Balaban J connectivity index is 1.94. The van der Waals surface area contributed by atoms with E-state index >= 15 is 0 Å². The first-order valence-electron chi connectivity index (χ1n) is 6.09. The first-order valence-corrected chi connectivity index (χ1v) is 6.09. The highest BCUT2D eigenvalue weighted by atomic mass is 16.5. The fourth-order valence-corrected chi connectivity index (χ4v) is 2.01. The molecule has 1 heterocycles. The van der Waals surface area contributed by atoms with Crippen molar-refractivity contribution in [2.45, 2.75) is 19.0 Å². The molecule has 3 N–H and O–H groups in total. The molecule has 0 spiro atoms. The Hall–Kier alpha value is -1.75. The van der Waals surface area contributed by atoms with Crippen LogP contribution in [0.4, 0.5) is 11.4 Å². The molecule has 5 nitrogen and oxygen atoms in total. The van der Waals surface area contributed by atoms with Gasteiger partial charge in [-0.1, -0.05) is 12.1 Å². The number of benzene rings is 1. The number of anilines is 2. The van der Waals surface area contributed by atoms with Crippen molar-refractivity contribution >= 4 is 17.3 Å². The molecule has 0 fully saturated rings. The first kappa shape index (κ1) is 12.7. The van der Waals surface area contributed by atoms with E-state index in [2.05, 4.69) is 16.0 Å². The molecule has 5 heteroatoms. The van der Waals surface area contributed by atoms with Gasteiger partial charge in [0.1, 0.15) is 6.04 Å². The number of carbonyl (C=O) groups is 1. The summed E-state index contributed by atoms with van der Waals surface area (Å²) in [5.41, 5.74) is 2.00. The van der Waals surface area contributed by atoms with Crippen LogP contribution in [0.25, 0.3) is 0 Å². The van der Waals surface area contributed by atoms with Gasteiger partial charge >= 0.3 is 0 Å². The van der Waals surface area contributed by atoms with E-state index in [4.69, 9.17) is 4.74 Å². The number of para-hydroxylation sites is 2. The molecule has 98 valence electrons. The lowest BCUT2D eigenvalue weighted by molar-refractivity contribution is -0.122. The standard InChI is InChI=1S/C13H19N3O2/c1-9(8-18-2)15-13(17)12-7-14-10-5-3-4-6-11(10)16-12/h3-6,9,12,14,16H,7-8H2,1-2H3,(H,15,17). The van der Waals surface area contributed by atoms with Crippen LogP contribution in [0.5, 0.6) is 0 Å². The van der Waals surface area contributed by atoms with Gasteiger partial charge in [0.05, 0.1) is 18.0 Å². The van der Waals surface area contributed by atoms with Crippen molar-refractivity contribution in [1.82, 2.24) is 5.32 Å². The summed E-state index contributed by atoms with van der Waals surface area (Å²) < 4.78 is 5.00. The van der Waals surface area contributed by atoms with Gasteiger partial charge in [-0.3, -0.25) is 4.79 Å². The fraction of sp³-hybridized carbons (Fsp3) is 0.462. The van der Waals surface area contributed by atoms with Crippen molar-refractivity contribution in [3.8, 4) is 0 Å². The fourth-order valence-electron chi connectivity index (χ4n) is 2.01. The minimum atomic E-state index is -0.251. The smallest absolute Gasteiger partial charge is 0.244 e. The summed E-state index contributed by atoms with van der Waals surface area (Å²) in [5, 5.41) is 9.39. The molecule has 0 saturated carbocycles. The maximum Gasteiger partial charge on any atom is 0.244 e. The van der Waals surface area contributed by atoms with Crippen molar-refractivity contribution in [3.63, 3.8) is 0 Å². The van der Waals surface area contributed by atoms with Gasteiger partial charge in [-0.2, -0.15) is 0 Å². The van der Waals surface area contributed by atoms with Crippen molar-refractivity contribution < 1.29 is 9.53 Å². The van der Waals surface area contributed by atoms with E-state index in [0.717, 1.165) is 11.4 Å². The summed E-state index contributed by atoms with van der Waals surface area (Å²) in [7, 11) is 1.62. The lowest BCUT2D eigenvalue weighted by atomic mass is 10.1. The van der Waals surface area contributed by atoms with Gasteiger partial charge in [0.25, 0.3) is 0 Å². The maximum absolute atomic E-state index is 12.0. The van der Waals surface area contributed by atoms with E-state index in [1.54, 1.807) is 7.11 Å². The zero-order chi connectivity index (χ0) is 13.0. The van der Waals surface area contributed by atoms with Crippen LogP contribution < -0.4 is 16.0 Å². The zero-order valence-electron chi connectivity index (χ0n) is 10.7. The second kappa shape index (κ2) is 5.73. The molecule has 18 heavy (non-hydrogen) atoms. The third-order valence-electron chi connectivity index (χ3n) is 2.88. The second-order valence-electron chi connectivity index (χ2n) is 4.49. The summed E-state index contributed by atoms with van der Waals surface area (Å²) in [6.07, 6.45) is 0. The minimum absolute atomic E-state index is 0.0125. The Kier molecular flexibility index (Phi) is 4.04. The summed E-state index contributed by atoms with van der Waals surface area (Å²) in [6.45, 7) is 3.02. The number of rotatable bonds is 4. The number of amides is 1. The summed E-state index contributed by atoms with van der Waals surface area (Å²) in [6, 6.07) is 7.63. The predicted molar refractivity (Wildman–Crippen MR) is 71.8 cm³/mol. The Morgan fingerprint density at radius 1 is 1.50 bits per heavy atom. The third kappa shape index (κ3) is 2.92. The number of carbonyl (C=O) groups excluding carboxylic acids is 1. The van der Waals surface area contributed by atoms with E-state index in [1.165, 1.54) is 0 Å². The normalized spacial score (nSPS) is 19.1. The quantitative estimate of drug-likeness (QED) is 0.746. The van der Waals surface area contributed by atoms with Gasteiger partial charge in [-0.25, -0.2) is 0 Å². The Morgan fingerprint density at radius 3 is 2.94 bits per heavy atom. The third-order valence-corrected chi connectivity index (χ3v) is 2.88. The highest BCUT2D eigenvalue weighted by molar-refractivity contribution is 5.88. The van der Waals surface area contributed by atoms with Gasteiger partial charge in [0, 0.05) is 19.7 Å². The number of hydrogen-bond acceptors (Lipinski definition) is 4. The molecular formula is C13H19N3O2. The number of nitrogens with one attached hydrogen (secondary N) is 3. The molecule has 2 rings (SSSR count). The van der Waals surface area contributed by atoms with E-state index in [-0.39, 0.29) is 18.0 Å². The molecule has 1 aliphatic rings. The Labute approximate surface area is 107 Å². The van der Waals surface area contributed by atoms with Gasteiger partial charge < -0.3 is 20.7 Å². The Bertz CT molecular complexity index is 422. The van der Waals surface area contributed by atoms with Crippen molar-refractivity contribution in [1.29, 1.82) is 0 Å². The summed E-state index contributed by atoms with van der Waals surface area (Å²) in [4.78, 5) is 12.0. The zero-order valence-corrected chi connectivity index (χ0v) is 10.7. The highest BCUT2D eigenvalue weighted by Crippen LogP contribution is 2.25. The van der Waals surface area contributed by atoms with E-state index < -0.39 is 0 Å². The molecule has 0 aliphatic carbocycles. The average molecular weight is 249 g/mol. The van der Waals surface area contributed by atoms with Gasteiger partial charge in [-0.05, 0) is 19.1 Å². The number of hydrogen-bond donors (Lipinski definition) is 3. The molecule has 0 bridgehead atoms. The van der Waals surface area contributed by atoms with Crippen LogP contribution >= 0.6 is 0 Å². The lowest BCUT2D eigenvalue weighted by Gasteiger charge is -2.28. The predicted octanol–water partition coefficient (Wildman–Crippen LogP) is 1.04. The average Bonchev–Trinajstić information content (AvgIpc) is 2.38. The van der Waals surface area contributed by atoms with Crippen molar-refractivity contribution in [2.75, 3.05) is 30.9 Å². The minimum Gasteiger partial charge on any atom is -0.383 e. The highest BCUT2D eigenvalue weighted by Gasteiger charge is 2.24. The van der Waals surface area contributed by atoms with Crippen LogP contribution in [-0.2, 0) is 9.53 Å². The summed E-state index contributed by atoms with van der Waals surface area (Å²) >= 11 is 0. The molecule has 1 aromatic rings. The lowest BCUT2D eigenvalue weighted by Crippen LogP contribution is -2.49. The molecule has 1 amide bonds. The molecule has 0 aromatic heterocycles.